The summed E-state index contributed by atoms with van der Waals surface area (Å²) < 4.78 is 0. The SMILES string of the molecule is CCN(C(=O)CC(C)CC(C)(C)C)C1CCC(N)CC1. The van der Waals surface area contributed by atoms with Crippen LogP contribution in [0, 0.1) is 11.3 Å². The highest BCUT2D eigenvalue weighted by molar-refractivity contribution is 5.76. The van der Waals surface area contributed by atoms with E-state index >= 15 is 0 Å². The lowest BCUT2D eigenvalue weighted by Gasteiger charge is -2.36. The molecule has 0 spiro atoms. The average molecular weight is 282 g/mol. The summed E-state index contributed by atoms with van der Waals surface area (Å²) in [7, 11) is 0. The molecule has 3 heteroatoms. The molecule has 118 valence electrons. The van der Waals surface area contributed by atoms with E-state index < -0.39 is 0 Å². The lowest BCUT2D eigenvalue weighted by atomic mass is 9.83. The second kappa shape index (κ2) is 7.44. The molecule has 1 unspecified atom stereocenters. The molecular formula is C17H34N2O. The third-order valence-electron chi connectivity index (χ3n) is 4.33. The zero-order chi connectivity index (χ0) is 15.3. The Hall–Kier alpha value is -0.570. The first-order chi connectivity index (χ1) is 9.23. The third-order valence-corrected chi connectivity index (χ3v) is 4.33. The van der Waals surface area contributed by atoms with Crippen LogP contribution in [0.4, 0.5) is 0 Å². The van der Waals surface area contributed by atoms with Gasteiger partial charge in [-0.05, 0) is 50.4 Å². The van der Waals surface area contributed by atoms with Crippen molar-refractivity contribution in [2.24, 2.45) is 17.1 Å². The molecule has 0 aromatic rings. The molecule has 1 fully saturated rings. The van der Waals surface area contributed by atoms with Gasteiger partial charge in [0.2, 0.25) is 5.91 Å². The molecule has 0 aromatic carbocycles. The summed E-state index contributed by atoms with van der Waals surface area (Å²) in [4.78, 5) is 14.6. The fraction of sp³-hybridized carbons (Fsp3) is 0.941. The second-order valence-electron chi connectivity index (χ2n) is 7.82. The molecule has 20 heavy (non-hydrogen) atoms. The largest absolute Gasteiger partial charge is 0.340 e. The number of carbonyl (C=O) groups excluding carboxylic acids is 1. The van der Waals surface area contributed by atoms with Crippen LogP contribution >= 0.6 is 0 Å². The smallest absolute Gasteiger partial charge is 0.223 e. The Balaban J connectivity index is 2.50. The maximum Gasteiger partial charge on any atom is 0.223 e. The highest BCUT2D eigenvalue weighted by atomic mass is 16.2. The van der Waals surface area contributed by atoms with Crippen molar-refractivity contribution in [3.63, 3.8) is 0 Å². The molecule has 1 saturated carbocycles. The van der Waals surface area contributed by atoms with Crippen molar-refractivity contribution in [2.75, 3.05) is 6.54 Å². The van der Waals surface area contributed by atoms with Crippen LogP contribution in [-0.4, -0.2) is 29.4 Å². The summed E-state index contributed by atoms with van der Waals surface area (Å²) in [5.41, 5.74) is 6.26. The van der Waals surface area contributed by atoms with Gasteiger partial charge in [0.15, 0.2) is 0 Å². The summed E-state index contributed by atoms with van der Waals surface area (Å²) in [5.74, 6) is 0.798. The minimum Gasteiger partial charge on any atom is -0.340 e. The molecule has 0 radical (unpaired) electrons. The summed E-state index contributed by atoms with van der Waals surface area (Å²) in [6.45, 7) is 11.9. The molecule has 0 aromatic heterocycles. The van der Waals surface area contributed by atoms with Gasteiger partial charge in [0.05, 0.1) is 0 Å². The van der Waals surface area contributed by atoms with Crippen LogP contribution < -0.4 is 5.73 Å². The van der Waals surface area contributed by atoms with Gasteiger partial charge in [-0.25, -0.2) is 0 Å². The van der Waals surface area contributed by atoms with Crippen molar-refractivity contribution in [3.8, 4) is 0 Å². The van der Waals surface area contributed by atoms with Crippen molar-refractivity contribution >= 4 is 5.91 Å². The van der Waals surface area contributed by atoms with Crippen LogP contribution in [-0.2, 0) is 4.79 Å². The fourth-order valence-corrected chi connectivity index (χ4v) is 3.58. The van der Waals surface area contributed by atoms with Crippen LogP contribution in [0.5, 0.6) is 0 Å². The Kier molecular flexibility index (Phi) is 6.50. The minimum absolute atomic E-state index is 0.300. The van der Waals surface area contributed by atoms with E-state index in [2.05, 4.69) is 39.5 Å². The normalized spacial score (nSPS) is 25.3. The first-order valence-electron chi connectivity index (χ1n) is 8.28. The van der Waals surface area contributed by atoms with Gasteiger partial charge >= 0.3 is 0 Å². The Morgan fingerprint density at radius 2 is 1.80 bits per heavy atom. The fourth-order valence-electron chi connectivity index (χ4n) is 3.58. The molecule has 0 heterocycles. The predicted molar refractivity (Wildman–Crippen MR) is 85.5 cm³/mol. The van der Waals surface area contributed by atoms with E-state index in [9.17, 15) is 4.79 Å². The number of amides is 1. The number of nitrogens with two attached hydrogens (primary N) is 1. The van der Waals surface area contributed by atoms with E-state index in [4.69, 9.17) is 5.73 Å². The van der Waals surface area contributed by atoms with Crippen molar-refractivity contribution < 1.29 is 4.79 Å². The van der Waals surface area contributed by atoms with E-state index in [1.165, 1.54) is 0 Å². The average Bonchev–Trinajstić information content (AvgIpc) is 2.29. The predicted octanol–water partition coefficient (Wildman–Crippen LogP) is 3.57. The van der Waals surface area contributed by atoms with Gasteiger partial charge in [0.25, 0.3) is 0 Å². The van der Waals surface area contributed by atoms with Gasteiger partial charge in [-0.3, -0.25) is 4.79 Å². The maximum atomic E-state index is 12.5. The molecule has 0 aliphatic heterocycles. The highest BCUT2D eigenvalue weighted by Crippen LogP contribution is 2.28. The van der Waals surface area contributed by atoms with Crippen LogP contribution in [0.25, 0.3) is 0 Å². The van der Waals surface area contributed by atoms with Gasteiger partial charge in [-0.2, -0.15) is 0 Å². The van der Waals surface area contributed by atoms with Gasteiger partial charge in [-0.1, -0.05) is 27.7 Å². The van der Waals surface area contributed by atoms with E-state index in [1.807, 2.05) is 0 Å². The second-order valence-corrected chi connectivity index (χ2v) is 7.82. The van der Waals surface area contributed by atoms with Crippen LogP contribution in [0.2, 0.25) is 0 Å². The first kappa shape index (κ1) is 17.5. The van der Waals surface area contributed by atoms with Crippen LogP contribution in [0.15, 0.2) is 0 Å². The lowest BCUT2D eigenvalue weighted by molar-refractivity contribution is -0.135. The Labute approximate surface area is 125 Å². The van der Waals surface area contributed by atoms with E-state index in [0.717, 1.165) is 38.6 Å². The van der Waals surface area contributed by atoms with Crippen molar-refractivity contribution in [1.29, 1.82) is 0 Å². The van der Waals surface area contributed by atoms with E-state index in [0.29, 0.717) is 35.7 Å². The summed E-state index contributed by atoms with van der Waals surface area (Å²) in [5, 5.41) is 0. The van der Waals surface area contributed by atoms with Crippen LogP contribution in [0.1, 0.15) is 73.1 Å². The number of rotatable bonds is 5. The Bertz CT molecular complexity index is 301. The van der Waals surface area contributed by atoms with Gasteiger partial charge < -0.3 is 10.6 Å². The topological polar surface area (TPSA) is 46.3 Å². The summed E-state index contributed by atoms with van der Waals surface area (Å²) >= 11 is 0. The molecule has 1 rings (SSSR count). The Morgan fingerprint density at radius 3 is 2.25 bits per heavy atom. The molecule has 1 aliphatic rings. The lowest BCUT2D eigenvalue weighted by Crippen LogP contribution is -2.44. The zero-order valence-corrected chi connectivity index (χ0v) is 14.1. The maximum absolute atomic E-state index is 12.5. The minimum atomic E-state index is 0.300. The summed E-state index contributed by atoms with van der Waals surface area (Å²) in [6.07, 6.45) is 6.07. The zero-order valence-electron chi connectivity index (χ0n) is 14.1. The number of hydrogen-bond donors (Lipinski definition) is 1. The van der Waals surface area contributed by atoms with E-state index in [1.54, 1.807) is 0 Å². The first-order valence-corrected chi connectivity index (χ1v) is 8.28. The standard InChI is InChI=1S/C17H34N2O/c1-6-19(15-9-7-14(18)8-10-15)16(20)11-13(2)12-17(3,4)5/h13-15H,6-12,18H2,1-5H3. The number of nitrogens with zero attached hydrogens (tertiary/aromatic N) is 1. The van der Waals surface area contributed by atoms with Crippen molar-refractivity contribution in [2.45, 2.75) is 85.2 Å². The quantitative estimate of drug-likeness (QED) is 0.838. The highest BCUT2D eigenvalue weighted by Gasteiger charge is 2.28. The van der Waals surface area contributed by atoms with Crippen molar-refractivity contribution in [1.82, 2.24) is 4.90 Å². The molecule has 1 amide bonds. The van der Waals surface area contributed by atoms with Crippen LogP contribution in [0.3, 0.4) is 0 Å². The molecule has 2 N–H and O–H groups in total. The van der Waals surface area contributed by atoms with E-state index in [-0.39, 0.29) is 0 Å². The molecular weight excluding hydrogens is 248 g/mol. The third kappa shape index (κ3) is 5.82. The van der Waals surface area contributed by atoms with Gasteiger partial charge in [0.1, 0.15) is 0 Å². The number of carbonyl (C=O) groups is 1. The Morgan fingerprint density at radius 1 is 1.25 bits per heavy atom. The monoisotopic (exact) mass is 282 g/mol. The molecule has 1 aliphatic carbocycles. The summed E-state index contributed by atoms with van der Waals surface area (Å²) in [6, 6.07) is 0.772. The van der Waals surface area contributed by atoms with Gasteiger partial charge in [-0.15, -0.1) is 0 Å². The number of hydrogen-bond acceptors (Lipinski definition) is 2. The van der Waals surface area contributed by atoms with Gasteiger partial charge in [0, 0.05) is 25.0 Å². The molecule has 1 atom stereocenters. The molecule has 3 nitrogen and oxygen atoms in total. The van der Waals surface area contributed by atoms with Crippen molar-refractivity contribution in [3.05, 3.63) is 0 Å². The molecule has 0 saturated heterocycles. The molecule has 0 bridgehead atoms.